The lowest BCUT2D eigenvalue weighted by Gasteiger charge is -2.11. The molecule has 9 heteroatoms. The topological polar surface area (TPSA) is 78.1 Å². The Kier molecular flexibility index (Phi) is 5.90. The van der Waals surface area contributed by atoms with Crippen LogP contribution in [0.25, 0.3) is 0 Å². The number of guanidine groups is 1. The lowest BCUT2D eigenvalue weighted by Crippen LogP contribution is -2.22. The molecule has 1 heterocycles. The molecule has 0 saturated heterocycles. The van der Waals surface area contributed by atoms with Crippen molar-refractivity contribution in [1.29, 1.82) is 0 Å². The summed E-state index contributed by atoms with van der Waals surface area (Å²) in [6.07, 6.45) is 0.804. The minimum atomic E-state index is -3.08. The van der Waals surface area contributed by atoms with Gasteiger partial charge in [-0.1, -0.05) is 6.07 Å². The minimum absolute atomic E-state index is 0.0647. The van der Waals surface area contributed by atoms with E-state index in [9.17, 15) is 13.2 Å². The van der Waals surface area contributed by atoms with E-state index in [0.717, 1.165) is 18.6 Å². The van der Waals surface area contributed by atoms with E-state index in [0.29, 0.717) is 36.0 Å². The largest absolute Gasteiger partial charge is 0.490 e. The average Bonchev–Trinajstić information content (AvgIpc) is 2.86. The fourth-order valence-corrected chi connectivity index (χ4v) is 2.44. The summed E-state index contributed by atoms with van der Waals surface area (Å²) in [7, 11) is 0. The number of aliphatic imine (C=N–C) groups is 1. The zero-order chi connectivity index (χ0) is 19.2. The second-order valence-corrected chi connectivity index (χ2v) is 5.68. The number of hydrogen-bond donors (Lipinski definition) is 2. The van der Waals surface area contributed by atoms with E-state index in [2.05, 4.69) is 15.0 Å². The molecule has 0 bridgehead atoms. The van der Waals surface area contributed by atoms with E-state index >= 15 is 0 Å². The molecule has 0 aliphatic carbocycles. The van der Waals surface area contributed by atoms with Crippen molar-refractivity contribution < 1.29 is 27.4 Å². The molecule has 0 amide bonds. The number of hydrogen-bond acceptors (Lipinski definition) is 4. The number of ether oxygens (including phenoxy) is 3. The molecule has 0 radical (unpaired) electrons. The molecule has 6 nitrogen and oxygen atoms in total. The molecule has 0 unspecified atom stereocenters. The van der Waals surface area contributed by atoms with Crippen LogP contribution in [-0.2, 0) is 6.54 Å². The number of nitrogens with one attached hydrogen (secondary N) is 1. The van der Waals surface area contributed by atoms with Gasteiger partial charge in [-0.15, -0.1) is 0 Å². The van der Waals surface area contributed by atoms with Gasteiger partial charge in [0.1, 0.15) is 0 Å². The summed E-state index contributed by atoms with van der Waals surface area (Å²) in [5, 5.41) is 2.91. The molecular weight excluding hydrogens is 363 g/mol. The van der Waals surface area contributed by atoms with Crippen LogP contribution in [0.5, 0.6) is 17.2 Å². The molecule has 3 N–H and O–H groups in total. The van der Waals surface area contributed by atoms with Gasteiger partial charge >= 0.3 is 6.61 Å². The van der Waals surface area contributed by atoms with Gasteiger partial charge in [0.05, 0.1) is 19.8 Å². The zero-order valence-corrected chi connectivity index (χ0v) is 14.3. The second-order valence-electron chi connectivity index (χ2n) is 5.68. The highest BCUT2D eigenvalue weighted by Crippen LogP contribution is 2.32. The SMILES string of the molecule is NC(=NCc1ccc(OC(F)F)c(F)c1)Nc1ccc2c(c1)OCCCO2. The van der Waals surface area contributed by atoms with Gasteiger partial charge in [0.2, 0.25) is 0 Å². The fourth-order valence-electron chi connectivity index (χ4n) is 2.44. The molecule has 144 valence electrons. The Morgan fingerprint density at radius 2 is 1.93 bits per heavy atom. The summed E-state index contributed by atoms with van der Waals surface area (Å²) in [6, 6.07) is 8.92. The van der Waals surface area contributed by atoms with Crippen LogP contribution >= 0.6 is 0 Å². The third-order valence-electron chi connectivity index (χ3n) is 3.66. The van der Waals surface area contributed by atoms with Crippen molar-refractivity contribution in [2.75, 3.05) is 18.5 Å². The number of rotatable bonds is 5. The number of fused-ring (bicyclic) bond motifs is 1. The van der Waals surface area contributed by atoms with Crippen LogP contribution in [0.3, 0.4) is 0 Å². The van der Waals surface area contributed by atoms with E-state index in [1.807, 2.05) is 0 Å². The van der Waals surface area contributed by atoms with Crippen LogP contribution < -0.4 is 25.3 Å². The first-order chi connectivity index (χ1) is 13.0. The summed E-state index contributed by atoms with van der Waals surface area (Å²) in [4.78, 5) is 4.11. The normalized spacial score (nSPS) is 14.0. The molecule has 27 heavy (non-hydrogen) atoms. The van der Waals surface area contributed by atoms with E-state index < -0.39 is 18.2 Å². The molecule has 0 aromatic heterocycles. The van der Waals surface area contributed by atoms with Crippen LogP contribution in [0.1, 0.15) is 12.0 Å². The number of benzene rings is 2. The Hall–Kier alpha value is -3.10. The van der Waals surface area contributed by atoms with Crippen molar-refractivity contribution in [3.8, 4) is 17.2 Å². The Bertz CT molecular complexity index is 831. The Labute approximate surface area is 153 Å². The molecule has 1 aliphatic heterocycles. The number of halogens is 3. The lowest BCUT2D eigenvalue weighted by atomic mass is 10.2. The summed E-state index contributed by atoms with van der Waals surface area (Å²) < 4.78 is 53.2. The summed E-state index contributed by atoms with van der Waals surface area (Å²) in [6.45, 7) is -1.86. The molecular formula is C18H18F3N3O3. The van der Waals surface area contributed by atoms with Crippen molar-refractivity contribution in [2.45, 2.75) is 19.6 Å². The van der Waals surface area contributed by atoms with Gasteiger partial charge in [-0.05, 0) is 29.8 Å². The van der Waals surface area contributed by atoms with Crippen molar-refractivity contribution in [3.63, 3.8) is 0 Å². The number of anilines is 1. The van der Waals surface area contributed by atoms with E-state index in [4.69, 9.17) is 15.2 Å². The fraction of sp³-hybridized carbons (Fsp3) is 0.278. The predicted octanol–water partition coefficient (Wildman–Crippen LogP) is 3.52. The third-order valence-corrected chi connectivity index (χ3v) is 3.66. The predicted molar refractivity (Wildman–Crippen MR) is 94.0 cm³/mol. The van der Waals surface area contributed by atoms with Gasteiger partial charge in [0.25, 0.3) is 0 Å². The minimum Gasteiger partial charge on any atom is -0.490 e. The molecule has 3 rings (SSSR count). The first-order valence-corrected chi connectivity index (χ1v) is 8.21. The van der Waals surface area contributed by atoms with E-state index in [1.165, 1.54) is 6.07 Å². The van der Waals surface area contributed by atoms with Crippen LogP contribution in [0.2, 0.25) is 0 Å². The zero-order valence-electron chi connectivity index (χ0n) is 14.3. The van der Waals surface area contributed by atoms with Crippen LogP contribution in [0.4, 0.5) is 18.9 Å². The first-order valence-electron chi connectivity index (χ1n) is 8.21. The highest BCUT2D eigenvalue weighted by molar-refractivity contribution is 5.92. The van der Waals surface area contributed by atoms with Crippen molar-refractivity contribution in [3.05, 3.63) is 47.8 Å². The summed E-state index contributed by atoms with van der Waals surface area (Å²) >= 11 is 0. The highest BCUT2D eigenvalue weighted by Gasteiger charge is 2.12. The maximum absolute atomic E-state index is 13.7. The molecule has 1 aliphatic rings. The quantitative estimate of drug-likeness (QED) is 0.612. The average molecular weight is 381 g/mol. The lowest BCUT2D eigenvalue weighted by molar-refractivity contribution is -0.0522. The molecule has 2 aromatic carbocycles. The van der Waals surface area contributed by atoms with Crippen molar-refractivity contribution in [1.82, 2.24) is 0 Å². The number of nitrogens with zero attached hydrogens (tertiary/aromatic N) is 1. The van der Waals surface area contributed by atoms with Crippen LogP contribution in [0, 0.1) is 5.82 Å². The smallest absolute Gasteiger partial charge is 0.387 e. The maximum Gasteiger partial charge on any atom is 0.387 e. The molecule has 0 spiro atoms. The Morgan fingerprint density at radius 1 is 1.15 bits per heavy atom. The monoisotopic (exact) mass is 381 g/mol. The number of nitrogens with two attached hydrogens (primary N) is 1. The van der Waals surface area contributed by atoms with E-state index in [1.54, 1.807) is 18.2 Å². The highest BCUT2D eigenvalue weighted by atomic mass is 19.3. The standard InChI is InChI=1S/C18H18F3N3O3/c19-13-8-11(2-4-14(13)27-17(20)21)10-23-18(22)24-12-3-5-15-16(9-12)26-7-1-6-25-15/h2-5,8-9,17H,1,6-7,10H2,(H3,22,23,24). The van der Waals surface area contributed by atoms with Crippen molar-refractivity contribution in [2.24, 2.45) is 10.7 Å². The van der Waals surface area contributed by atoms with Gasteiger partial charge < -0.3 is 25.3 Å². The van der Waals surface area contributed by atoms with Gasteiger partial charge in [0, 0.05) is 18.2 Å². The van der Waals surface area contributed by atoms with E-state index in [-0.39, 0.29) is 12.5 Å². The summed E-state index contributed by atoms with van der Waals surface area (Å²) in [5.41, 5.74) is 6.96. The molecule has 0 atom stereocenters. The number of alkyl halides is 2. The first kappa shape index (κ1) is 18.7. The Balaban J connectivity index is 1.63. The Morgan fingerprint density at radius 3 is 2.67 bits per heavy atom. The van der Waals surface area contributed by atoms with Crippen molar-refractivity contribution >= 4 is 11.6 Å². The second kappa shape index (κ2) is 8.52. The molecule has 0 saturated carbocycles. The van der Waals surface area contributed by atoms with Gasteiger partial charge in [-0.3, -0.25) is 0 Å². The third kappa shape index (κ3) is 5.19. The van der Waals surface area contributed by atoms with Crippen LogP contribution in [0.15, 0.2) is 41.4 Å². The van der Waals surface area contributed by atoms with Gasteiger partial charge in [0.15, 0.2) is 29.0 Å². The van der Waals surface area contributed by atoms with Crippen LogP contribution in [-0.4, -0.2) is 25.8 Å². The summed E-state index contributed by atoms with van der Waals surface area (Å²) in [5.74, 6) is -0.0246. The van der Waals surface area contributed by atoms with Gasteiger partial charge in [-0.2, -0.15) is 8.78 Å². The molecule has 0 fully saturated rings. The van der Waals surface area contributed by atoms with Gasteiger partial charge in [-0.25, -0.2) is 9.38 Å². The molecule has 2 aromatic rings. The maximum atomic E-state index is 13.7.